The van der Waals surface area contributed by atoms with E-state index in [9.17, 15) is 14.4 Å². The van der Waals surface area contributed by atoms with Gasteiger partial charge in [0.15, 0.2) is 6.04 Å². The van der Waals surface area contributed by atoms with Gasteiger partial charge in [0.05, 0.1) is 26.7 Å². The number of aliphatic hydroxyl groups excluding tert-OH is 1. The lowest BCUT2D eigenvalue weighted by molar-refractivity contribution is -0.147. The Kier molecular flexibility index (Phi) is 8.49. The van der Waals surface area contributed by atoms with E-state index in [2.05, 4.69) is 10.1 Å². The van der Waals surface area contributed by atoms with Crippen LogP contribution in [0.15, 0.2) is 30.3 Å². The predicted molar refractivity (Wildman–Crippen MR) is 86.1 cm³/mol. The highest BCUT2D eigenvalue weighted by atomic mass is 16.5. The minimum absolute atomic E-state index is 0.0175. The molecule has 0 fully saturated rings. The number of hydrogen-bond donors (Lipinski definition) is 2. The van der Waals surface area contributed by atoms with Crippen molar-refractivity contribution in [2.24, 2.45) is 0 Å². The molecular formula is C17H23NO6. The standard InChI is InChI=1S/C17H23NO6/c1-3-24-16(21)10-13(12-7-5-4-6-8-12)9-15(20)18-14(11-19)17(22)23-2/h4-8,13-14,19H,3,9-11H2,1-2H3,(H,18,20)/t13?,14-/m0/s1. The van der Waals surface area contributed by atoms with Gasteiger partial charge >= 0.3 is 11.9 Å². The lowest BCUT2D eigenvalue weighted by atomic mass is 9.92. The van der Waals surface area contributed by atoms with Gasteiger partial charge in [0, 0.05) is 12.3 Å². The summed E-state index contributed by atoms with van der Waals surface area (Å²) in [6.07, 6.45) is 0.0314. The Morgan fingerprint density at radius 1 is 1.17 bits per heavy atom. The molecule has 0 heterocycles. The zero-order valence-electron chi connectivity index (χ0n) is 13.9. The molecule has 1 aromatic rings. The van der Waals surface area contributed by atoms with Crippen LogP contribution < -0.4 is 5.32 Å². The molecular weight excluding hydrogens is 314 g/mol. The van der Waals surface area contributed by atoms with Gasteiger partial charge in [0.25, 0.3) is 0 Å². The molecule has 1 rings (SSSR count). The summed E-state index contributed by atoms with van der Waals surface area (Å²) in [5, 5.41) is 11.6. The highest BCUT2D eigenvalue weighted by molar-refractivity contribution is 5.85. The van der Waals surface area contributed by atoms with Crippen LogP contribution in [0.1, 0.15) is 31.2 Å². The van der Waals surface area contributed by atoms with E-state index in [0.29, 0.717) is 0 Å². The first-order valence-corrected chi connectivity index (χ1v) is 7.70. The third-order valence-corrected chi connectivity index (χ3v) is 3.42. The monoisotopic (exact) mass is 337 g/mol. The minimum atomic E-state index is -1.12. The van der Waals surface area contributed by atoms with Gasteiger partial charge in [0.2, 0.25) is 5.91 Å². The summed E-state index contributed by atoms with van der Waals surface area (Å²) in [5.41, 5.74) is 0.819. The molecule has 0 bridgehead atoms. The summed E-state index contributed by atoms with van der Waals surface area (Å²) in [6, 6.07) is 7.99. The van der Waals surface area contributed by atoms with Crippen LogP contribution in [0.25, 0.3) is 0 Å². The van der Waals surface area contributed by atoms with Crippen LogP contribution in [-0.4, -0.2) is 49.3 Å². The molecule has 7 heteroatoms. The fourth-order valence-electron chi connectivity index (χ4n) is 2.25. The first-order valence-electron chi connectivity index (χ1n) is 7.70. The van der Waals surface area contributed by atoms with Crippen molar-refractivity contribution in [2.75, 3.05) is 20.3 Å². The van der Waals surface area contributed by atoms with E-state index in [0.717, 1.165) is 5.56 Å². The number of nitrogens with one attached hydrogen (secondary N) is 1. The molecule has 132 valence electrons. The average Bonchev–Trinajstić information content (AvgIpc) is 2.59. The number of aliphatic hydroxyl groups is 1. The molecule has 1 amide bonds. The predicted octanol–water partition coefficient (Wildman–Crippen LogP) is 0.764. The van der Waals surface area contributed by atoms with Gasteiger partial charge in [-0.2, -0.15) is 0 Å². The second-order valence-corrected chi connectivity index (χ2v) is 5.15. The maximum atomic E-state index is 12.2. The van der Waals surface area contributed by atoms with Crippen molar-refractivity contribution in [2.45, 2.75) is 31.7 Å². The van der Waals surface area contributed by atoms with Crippen molar-refractivity contribution in [1.82, 2.24) is 5.32 Å². The molecule has 0 spiro atoms. The number of benzene rings is 1. The molecule has 0 aliphatic heterocycles. The Morgan fingerprint density at radius 2 is 1.83 bits per heavy atom. The molecule has 2 atom stereocenters. The molecule has 0 aliphatic carbocycles. The van der Waals surface area contributed by atoms with Crippen LogP contribution in [0.5, 0.6) is 0 Å². The molecule has 0 saturated heterocycles. The van der Waals surface area contributed by atoms with Crippen molar-refractivity contribution in [3.63, 3.8) is 0 Å². The average molecular weight is 337 g/mol. The molecule has 24 heavy (non-hydrogen) atoms. The number of amides is 1. The Bertz CT molecular complexity index is 545. The summed E-state index contributed by atoms with van der Waals surface area (Å²) in [7, 11) is 1.17. The molecule has 7 nitrogen and oxygen atoms in total. The Morgan fingerprint density at radius 3 is 2.38 bits per heavy atom. The van der Waals surface area contributed by atoms with Gasteiger partial charge in [-0.05, 0) is 12.5 Å². The molecule has 1 unspecified atom stereocenters. The highest BCUT2D eigenvalue weighted by Crippen LogP contribution is 2.24. The van der Waals surface area contributed by atoms with Gasteiger partial charge < -0.3 is 19.9 Å². The van der Waals surface area contributed by atoms with E-state index in [1.807, 2.05) is 30.3 Å². The van der Waals surface area contributed by atoms with Gasteiger partial charge in [-0.1, -0.05) is 30.3 Å². The molecule has 0 aromatic heterocycles. The maximum Gasteiger partial charge on any atom is 0.330 e. The van der Waals surface area contributed by atoms with Crippen molar-refractivity contribution in [3.8, 4) is 0 Å². The zero-order chi connectivity index (χ0) is 17.9. The Labute approximate surface area is 141 Å². The Balaban J connectivity index is 2.78. The lowest BCUT2D eigenvalue weighted by Crippen LogP contribution is -2.44. The van der Waals surface area contributed by atoms with Gasteiger partial charge in [-0.3, -0.25) is 9.59 Å². The Hall–Kier alpha value is -2.41. The number of rotatable bonds is 9. The van der Waals surface area contributed by atoms with Gasteiger partial charge in [-0.25, -0.2) is 4.79 Å². The van der Waals surface area contributed by atoms with Crippen LogP contribution in [0.2, 0.25) is 0 Å². The first-order chi connectivity index (χ1) is 11.5. The number of esters is 2. The summed E-state index contributed by atoms with van der Waals surface area (Å²) < 4.78 is 9.45. The van der Waals surface area contributed by atoms with E-state index in [-0.39, 0.29) is 25.4 Å². The lowest BCUT2D eigenvalue weighted by Gasteiger charge is -2.19. The smallest absolute Gasteiger partial charge is 0.330 e. The zero-order valence-corrected chi connectivity index (χ0v) is 13.9. The third kappa shape index (κ3) is 6.37. The minimum Gasteiger partial charge on any atom is -0.467 e. The normalized spacial score (nSPS) is 12.8. The number of hydrogen-bond acceptors (Lipinski definition) is 6. The van der Waals surface area contributed by atoms with Crippen molar-refractivity contribution >= 4 is 17.8 Å². The van der Waals surface area contributed by atoms with Crippen molar-refractivity contribution in [1.29, 1.82) is 0 Å². The van der Waals surface area contributed by atoms with E-state index >= 15 is 0 Å². The maximum absolute atomic E-state index is 12.2. The topological polar surface area (TPSA) is 102 Å². The summed E-state index contributed by atoms with van der Waals surface area (Å²) in [6.45, 7) is 1.41. The van der Waals surface area contributed by atoms with Crippen LogP contribution in [0.3, 0.4) is 0 Å². The first kappa shape index (κ1) is 19.6. The SMILES string of the molecule is CCOC(=O)CC(CC(=O)N[C@@H](CO)C(=O)OC)c1ccccc1. The summed E-state index contributed by atoms with van der Waals surface area (Å²) in [5.74, 6) is -1.97. The second-order valence-electron chi connectivity index (χ2n) is 5.15. The molecule has 0 saturated carbocycles. The fraction of sp³-hybridized carbons (Fsp3) is 0.471. The summed E-state index contributed by atoms with van der Waals surface area (Å²) >= 11 is 0. The van der Waals surface area contributed by atoms with E-state index in [1.165, 1.54) is 7.11 Å². The number of carbonyl (C=O) groups excluding carboxylic acids is 3. The second kappa shape index (κ2) is 10.4. The number of carbonyl (C=O) groups is 3. The highest BCUT2D eigenvalue weighted by Gasteiger charge is 2.24. The van der Waals surface area contributed by atoms with E-state index in [1.54, 1.807) is 6.92 Å². The fourth-order valence-corrected chi connectivity index (χ4v) is 2.25. The van der Waals surface area contributed by atoms with Crippen molar-refractivity contribution < 1.29 is 29.0 Å². The number of methoxy groups -OCH3 is 1. The van der Waals surface area contributed by atoms with Crippen molar-refractivity contribution in [3.05, 3.63) is 35.9 Å². The largest absolute Gasteiger partial charge is 0.467 e. The van der Waals surface area contributed by atoms with E-state index < -0.39 is 30.5 Å². The summed E-state index contributed by atoms with van der Waals surface area (Å²) in [4.78, 5) is 35.4. The van der Waals surface area contributed by atoms with Gasteiger partial charge in [-0.15, -0.1) is 0 Å². The van der Waals surface area contributed by atoms with E-state index in [4.69, 9.17) is 9.84 Å². The number of ether oxygens (including phenoxy) is 2. The van der Waals surface area contributed by atoms with Crippen LogP contribution in [-0.2, 0) is 23.9 Å². The molecule has 0 aliphatic rings. The van der Waals surface area contributed by atoms with Crippen LogP contribution in [0, 0.1) is 0 Å². The third-order valence-electron chi connectivity index (χ3n) is 3.42. The van der Waals surface area contributed by atoms with Crippen LogP contribution >= 0.6 is 0 Å². The molecule has 2 N–H and O–H groups in total. The molecule has 0 radical (unpaired) electrons. The quantitative estimate of drug-likeness (QED) is 0.645. The van der Waals surface area contributed by atoms with Crippen LogP contribution in [0.4, 0.5) is 0 Å². The molecule has 1 aromatic carbocycles. The van der Waals surface area contributed by atoms with Gasteiger partial charge in [0.1, 0.15) is 0 Å².